The van der Waals surface area contributed by atoms with E-state index in [2.05, 4.69) is 5.32 Å². The summed E-state index contributed by atoms with van der Waals surface area (Å²) in [7, 11) is 0. The minimum Gasteiger partial charge on any atom is -0.398 e. The highest BCUT2D eigenvalue weighted by molar-refractivity contribution is 6.33. The van der Waals surface area contributed by atoms with Gasteiger partial charge in [-0.2, -0.15) is 0 Å². The minimum atomic E-state index is 0.542. The van der Waals surface area contributed by atoms with Crippen LogP contribution >= 0.6 is 23.2 Å². The van der Waals surface area contributed by atoms with Crippen molar-refractivity contribution in [3.8, 4) is 0 Å². The zero-order valence-electron chi connectivity index (χ0n) is 9.30. The largest absolute Gasteiger partial charge is 0.398 e. The number of nitrogens with one attached hydrogen (secondary N) is 1. The van der Waals surface area contributed by atoms with Crippen molar-refractivity contribution in [1.29, 1.82) is 0 Å². The van der Waals surface area contributed by atoms with E-state index in [-0.39, 0.29) is 0 Å². The van der Waals surface area contributed by atoms with Crippen molar-refractivity contribution in [2.24, 2.45) is 0 Å². The second kappa shape index (κ2) is 4.86. The summed E-state index contributed by atoms with van der Waals surface area (Å²) in [5.41, 5.74) is 9.19. The number of halogens is 2. The maximum absolute atomic E-state index is 5.99. The molecule has 0 fully saturated rings. The number of aryl methyl sites for hydroxylation is 1. The molecule has 3 N–H and O–H groups in total. The number of hydrogen-bond acceptors (Lipinski definition) is 2. The Balaban J connectivity index is 2.33. The Bertz CT molecular complexity index is 553. The van der Waals surface area contributed by atoms with Crippen molar-refractivity contribution in [3.63, 3.8) is 0 Å². The summed E-state index contributed by atoms with van der Waals surface area (Å²) >= 11 is 11.9. The smallest absolute Gasteiger partial charge is 0.0656 e. The Hall–Kier alpha value is -1.38. The van der Waals surface area contributed by atoms with Gasteiger partial charge in [0.15, 0.2) is 0 Å². The molecule has 2 rings (SSSR count). The van der Waals surface area contributed by atoms with Crippen molar-refractivity contribution >= 4 is 40.3 Å². The van der Waals surface area contributed by atoms with E-state index in [4.69, 9.17) is 28.9 Å². The lowest BCUT2D eigenvalue weighted by molar-refractivity contribution is 1.43. The van der Waals surface area contributed by atoms with Crippen molar-refractivity contribution < 1.29 is 0 Å². The average molecular weight is 267 g/mol. The Morgan fingerprint density at radius 1 is 1.12 bits per heavy atom. The first-order chi connectivity index (χ1) is 8.06. The molecule has 0 spiro atoms. The van der Waals surface area contributed by atoms with Crippen LogP contribution in [0, 0.1) is 6.92 Å². The van der Waals surface area contributed by atoms with Gasteiger partial charge in [0.1, 0.15) is 0 Å². The Labute approximate surface area is 110 Å². The van der Waals surface area contributed by atoms with Crippen LogP contribution in [0.3, 0.4) is 0 Å². The lowest BCUT2D eigenvalue weighted by atomic mass is 10.1. The van der Waals surface area contributed by atoms with Crippen LogP contribution in [0.2, 0.25) is 10.0 Å². The Morgan fingerprint density at radius 2 is 1.88 bits per heavy atom. The zero-order chi connectivity index (χ0) is 12.4. The topological polar surface area (TPSA) is 38.0 Å². The summed E-state index contributed by atoms with van der Waals surface area (Å²) in [6.45, 7) is 1.97. The normalized spacial score (nSPS) is 10.3. The molecular formula is C13H12Cl2N2. The van der Waals surface area contributed by atoms with Gasteiger partial charge in [0, 0.05) is 16.4 Å². The van der Waals surface area contributed by atoms with Crippen LogP contribution < -0.4 is 11.1 Å². The quantitative estimate of drug-likeness (QED) is 0.778. The molecule has 0 unspecified atom stereocenters. The first-order valence-corrected chi connectivity index (χ1v) is 5.90. The van der Waals surface area contributed by atoms with Gasteiger partial charge in [0.25, 0.3) is 0 Å². The van der Waals surface area contributed by atoms with Crippen LogP contribution in [-0.4, -0.2) is 0 Å². The fourth-order valence-electron chi connectivity index (χ4n) is 1.56. The SMILES string of the molecule is Cc1cc(N)c(Cl)cc1Nc1cccc(Cl)c1. The number of nitrogens with two attached hydrogens (primary N) is 1. The van der Waals surface area contributed by atoms with Gasteiger partial charge < -0.3 is 11.1 Å². The van der Waals surface area contributed by atoms with Crippen molar-refractivity contribution in [2.75, 3.05) is 11.1 Å². The number of anilines is 3. The molecule has 88 valence electrons. The van der Waals surface area contributed by atoms with Crippen molar-refractivity contribution in [1.82, 2.24) is 0 Å². The van der Waals surface area contributed by atoms with Crippen LogP contribution in [0.4, 0.5) is 17.1 Å². The summed E-state index contributed by atoms with van der Waals surface area (Å²) < 4.78 is 0. The fourth-order valence-corrected chi connectivity index (χ4v) is 1.91. The summed E-state index contributed by atoms with van der Waals surface area (Å²) in [5.74, 6) is 0. The number of rotatable bonds is 2. The molecule has 0 aliphatic rings. The van der Waals surface area contributed by atoms with Crippen LogP contribution in [0.15, 0.2) is 36.4 Å². The van der Waals surface area contributed by atoms with Crippen LogP contribution in [0.5, 0.6) is 0 Å². The molecule has 4 heteroatoms. The van der Waals surface area contributed by atoms with Gasteiger partial charge in [0.2, 0.25) is 0 Å². The van der Waals surface area contributed by atoms with Gasteiger partial charge in [-0.25, -0.2) is 0 Å². The first-order valence-electron chi connectivity index (χ1n) is 5.14. The predicted molar refractivity (Wildman–Crippen MR) is 75.3 cm³/mol. The number of benzene rings is 2. The molecule has 0 bridgehead atoms. The lowest BCUT2D eigenvalue weighted by Gasteiger charge is -2.11. The summed E-state index contributed by atoms with van der Waals surface area (Å²) in [5, 5.41) is 4.49. The summed E-state index contributed by atoms with van der Waals surface area (Å²) in [6, 6.07) is 11.2. The van der Waals surface area contributed by atoms with Crippen molar-refractivity contribution in [2.45, 2.75) is 6.92 Å². The standard InChI is InChI=1S/C13H12Cl2N2/c1-8-5-12(16)11(15)7-13(8)17-10-4-2-3-9(14)6-10/h2-7,17H,16H2,1H3. The van der Waals surface area contributed by atoms with E-state index in [0.717, 1.165) is 16.9 Å². The molecule has 0 aliphatic heterocycles. The molecule has 2 aromatic rings. The third-order valence-electron chi connectivity index (χ3n) is 2.45. The van der Waals surface area contributed by atoms with Crippen molar-refractivity contribution in [3.05, 3.63) is 52.0 Å². The maximum atomic E-state index is 5.99. The molecule has 0 aliphatic carbocycles. The van der Waals surface area contributed by atoms with E-state index >= 15 is 0 Å². The molecule has 2 aromatic carbocycles. The molecule has 0 atom stereocenters. The molecule has 0 amide bonds. The fraction of sp³-hybridized carbons (Fsp3) is 0.0769. The van der Waals surface area contributed by atoms with Gasteiger partial charge in [-0.15, -0.1) is 0 Å². The van der Waals surface area contributed by atoms with E-state index in [0.29, 0.717) is 15.7 Å². The van der Waals surface area contributed by atoms with Gasteiger partial charge in [0.05, 0.1) is 10.7 Å². The second-order valence-electron chi connectivity index (χ2n) is 3.82. The molecule has 0 heterocycles. The summed E-state index contributed by atoms with van der Waals surface area (Å²) in [4.78, 5) is 0. The molecule has 0 saturated carbocycles. The van der Waals surface area contributed by atoms with Gasteiger partial charge in [-0.1, -0.05) is 29.3 Å². The zero-order valence-corrected chi connectivity index (χ0v) is 10.8. The van der Waals surface area contributed by atoms with E-state index in [1.165, 1.54) is 0 Å². The number of hydrogen-bond donors (Lipinski definition) is 2. The van der Waals surface area contributed by atoms with Crippen LogP contribution in [0.1, 0.15) is 5.56 Å². The monoisotopic (exact) mass is 266 g/mol. The molecule has 2 nitrogen and oxygen atoms in total. The molecule has 0 radical (unpaired) electrons. The molecule has 0 saturated heterocycles. The molecular weight excluding hydrogens is 255 g/mol. The van der Waals surface area contributed by atoms with Crippen LogP contribution in [-0.2, 0) is 0 Å². The lowest BCUT2D eigenvalue weighted by Crippen LogP contribution is -1.95. The Kier molecular flexibility index (Phi) is 3.46. The Morgan fingerprint density at radius 3 is 2.59 bits per heavy atom. The number of nitrogen functional groups attached to an aromatic ring is 1. The maximum Gasteiger partial charge on any atom is 0.0656 e. The predicted octanol–water partition coefficient (Wildman–Crippen LogP) is 4.63. The highest BCUT2D eigenvalue weighted by Crippen LogP contribution is 2.29. The van der Waals surface area contributed by atoms with Gasteiger partial charge in [-0.3, -0.25) is 0 Å². The van der Waals surface area contributed by atoms with Crippen LogP contribution in [0.25, 0.3) is 0 Å². The summed E-state index contributed by atoms with van der Waals surface area (Å²) in [6.07, 6.45) is 0. The van der Waals surface area contributed by atoms with E-state index in [1.54, 1.807) is 0 Å². The third-order valence-corrected chi connectivity index (χ3v) is 3.01. The second-order valence-corrected chi connectivity index (χ2v) is 4.67. The van der Waals surface area contributed by atoms with Gasteiger partial charge in [-0.05, 0) is 42.8 Å². The van der Waals surface area contributed by atoms with E-state index < -0.39 is 0 Å². The highest BCUT2D eigenvalue weighted by Gasteiger charge is 2.04. The molecule has 0 aromatic heterocycles. The molecule has 17 heavy (non-hydrogen) atoms. The minimum absolute atomic E-state index is 0.542. The third kappa shape index (κ3) is 2.84. The van der Waals surface area contributed by atoms with E-state index in [1.807, 2.05) is 43.3 Å². The van der Waals surface area contributed by atoms with E-state index in [9.17, 15) is 0 Å². The van der Waals surface area contributed by atoms with Gasteiger partial charge >= 0.3 is 0 Å². The first kappa shape index (κ1) is 12.1. The highest BCUT2D eigenvalue weighted by atomic mass is 35.5. The average Bonchev–Trinajstić information content (AvgIpc) is 2.26.